The summed E-state index contributed by atoms with van der Waals surface area (Å²) in [5.74, 6) is -0.546. The van der Waals surface area contributed by atoms with Gasteiger partial charge in [-0.15, -0.1) is 0 Å². The molecule has 2 unspecified atom stereocenters. The number of hydroxylamine groups is 1. The minimum absolute atomic E-state index is 0.0155. The zero-order valence-corrected chi connectivity index (χ0v) is 21.6. The molecule has 2 aliphatic heterocycles. The molecule has 2 saturated heterocycles. The summed E-state index contributed by atoms with van der Waals surface area (Å²) < 4.78 is 5.92. The molecule has 10 nitrogen and oxygen atoms in total. The molecule has 37 heavy (non-hydrogen) atoms. The molecule has 10 heteroatoms. The number of aromatic nitrogens is 1. The van der Waals surface area contributed by atoms with Gasteiger partial charge in [-0.2, -0.15) is 0 Å². The number of carbonyl (C=O) groups excluding carboxylic acids is 3. The average molecular weight is 510 g/mol. The van der Waals surface area contributed by atoms with Crippen LogP contribution in [0.3, 0.4) is 0 Å². The number of pyridine rings is 1. The molecular weight excluding hydrogens is 474 g/mol. The quantitative estimate of drug-likeness (QED) is 0.382. The first-order valence-corrected chi connectivity index (χ1v) is 12.6. The third-order valence-electron chi connectivity index (χ3n) is 7.45. The van der Waals surface area contributed by atoms with Crippen molar-refractivity contribution in [3.8, 4) is 5.75 Å². The first-order chi connectivity index (χ1) is 17.6. The number of nitrogens with two attached hydrogens (primary N) is 1. The standard InChI is InChI=1S/C27H35N5O5/c1-17-14-20(15-18(2)29-17)16-37-23-6-4-22(5-7-23)27(28)10-13-32(26(27)35)24(25(34)30-36)21-8-11-31(12-9-21)19(3)33/h4-7,14-15,21,24,36H,8-13,16,28H2,1-3H3,(H,30,34). The zero-order valence-electron chi connectivity index (χ0n) is 21.6. The van der Waals surface area contributed by atoms with E-state index in [4.69, 9.17) is 10.5 Å². The Hall–Kier alpha value is -3.50. The molecule has 0 bridgehead atoms. The Morgan fingerprint density at radius 1 is 1.16 bits per heavy atom. The Kier molecular flexibility index (Phi) is 7.79. The Morgan fingerprint density at radius 3 is 2.35 bits per heavy atom. The van der Waals surface area contributed by atoms with Crippen molar-refractivity contribution >= 4 is 17.7 Å². The molecule has 4 N–H and O–H groups in total. The molecule has 2 atom stereocenters. The zero-order chi connectivity index (χ0) is 26.7. The molecule has 2 aliphatic rings. The van der Waals surface area contributed by atoms with Crippen LogP contribution in [0.1, 0.15) is 48.7 Å². The lowest BCUT2D eigenvalue weighted by molar-refractivity contribution is -0.147. The molecule has 0 radical (unpaired) electrons. The van der Waals surface area contributed by atoms with Gasteiger partial charge in [0.15, 0.2) is 0 Å². The van der Waals surface area contributed by atoms with Crippen LogP contribution >= 0.6 is 0 Å². The van der Waals surface area contributed by atoms with Crippen molar-refractivity contribution in [1.29, 1.82) is 0 Å². The lowest BCUT2D eigenvalue weighted by Gasteiger charge is -2.38. The number of likely N-dealkylation sites (tertiary alicyclic amines) is 2. The van der Waals surface area contributed by atoms with E-state index in [-0.39, 0.29) is 17.7 Å². The van der Waals surface area contributed by atoms with Gasteiger partial charge >= 0.3 is 0 Å². The fourth-order valence-electron chi connectivity index (χ4n) is 5.52. The van der Waals surface area contributed by atoms with E-state index in [1.807, 2.05) is 26.0 Å². The molecule has 1 aromatic heterocycles. The molecule has 0 aliphatic carbocycles. The lowest BCUT2D eigenvalue weighted by atomic mass is 9.87. The van der Waals surface area contributed by atoms with Crippen LogP contribution in [0.2, 0.25) is 0 Å². The molecule has 0 saturated carbocycles. The largest absolute Gasteiger partial charge is 0.489 e. The van der Waals surface area contributed by atoms with Crippen LogP contribution in [0, 0.1) is 19.8 Å². The maximum absolute atomic E-state index is 13.6. The second kappa shape index (κ2) is 10.9. The van der Waals surface area contributed by atoms with Gasteiger partial charge in [0.2, 0.25) is 11.8 Å². The Bertz CT molecular complexity index is 1140. The Morgan fingerprint density at radius 2 is 1.78 bits per heavy atom. The molecule has 0 spiro atoms. The number of nitrogens with zero attached hydrogens (tertiary/aromatic N) is 3. The van der Waals surface area contributed by atoms with E-state index in [0.29, 0.717) is 56.8 Å². The summed E-state index contributed by atoms with van der Waals surface area (Å²) in [6.45, 7) is 7.09. The number of amides is 3. The molecule has 4 rings (SSSR count). The van der Waals surface area contributed by atoms with Crippen molar-refractivity contribution < 1.29 is 24.3 Å². The van der Waals surface area contributed by atoms with Crippen molar-refractivity contribution in [3.63, 3.8) is 0 Å². The van der Waals surface area contributed by atoms with Gasteiger partial charge in [0.25, 0.3) is 5.91 Å². The highest BCUT2D eigenvalue weighted by atomic mass is 16.5. The number of hydrogen-bond donors (Lipinski definition) is 3. The number of piperidine rings is 1. The van der Waals surface area contributed by atoms with Gasteiger partial charge in [-0.25, -0.2) is 5.48 Å². The average Bonchev–Trinajstić information content (AvgIpc) is 3.18. The summed E-state index contributed by atoms with van der Waals surface area (Å²) in [7, 11) is 0. The van der Waals surface area contributed by atoms with Crippen molar-refractivity contribution in [2.24, 2.45) is 11.7 Å². The highest BCUT2D eigenvalue weighted by Crippen LogP contribution is 2.36. The van der Waals surface area contributed by atoms with Crippen LogP contribution in [0.15, 0.2) is 36.4 Å². The normalized spacial score (nSPS) is 21.2. The summed E-state index contributed by atoms with van der Waals surface area (Å²) in [6, 6.07) is 10.2. The number of nitrogens with one attached hydrogen (secondary N) is 1. The minimum Gasteiger partial charge on any atom is -0.489 e. The van der Waals surface area contributed by atoms with Gasteiger partial charge in [0.1, 0.15) is 23.9 Å². The van der Waals surface area contributed by atoms with Crippen molar-refractivity contribution in [2.45, 2.75) is 58.2 Å². The van der Waals surface area contributed by atoms with Crippen molar-refractivity contribution in [3.05, 3.63) is 58.9 Å². The van der Waals surface area contributed by atoms with Gasteiger partial charge in [-0.1, -0.05) is 12.1 Å². The third-order valence-corrected chi connectivity index (χ3v) is 7.45. The van der Waals surface area contributed by atoms with Gasteiger partial charge < -0.3 is 20.3 Å². The van der Waals surface area contributed by atoms with E-state index in [1.54, 1.807) is 34.6 Å². The predicted octanol–water partition coefficient (Wildman–Crippen LogP) is 1.80. The number of aryl methyl sites for hydroxylation is 2. The molecule has 1 aromatic carbocycles. The van der Waals surface area contributed by atoms with E-state index in [1.165, 1.54) is 11.8 Å². The van der Waals surface area contributed by atoms with Crippen molar-refractivity contribution in [1.82, 2.24) is 20.3 Å². The van der Waals surface area contributed by atoms with Gasteiger partial charge in [-0.05, 0) is 74.4 Å². The number of carbonyl (C=O) groups is 3. The van der Waals surface area contributed by atoms with E-state index in [2.05, 4.69) is 4.98 Å². The molecule has 3 heterocycles. The maximum atomic E-state index is 13.6. The van der Waals surface area contributed by atoms with E-state index in [9.17, 15) is 19.6 Å². The number of ether oxygens (including phenoxy) is 1. The first kappa shape index (κ1) is 26.6. The predicted molar refractivity (Wildman–Crippen MR) is 135 cm³/mol. The van der Waals surface area contributed by atoms with Gasteiger partial charge in [0, 0.05) is 37.9 Å². The van der Waals surface area contributed by atoms with Gasteiger partial charge in [0.05, 0.1) is 0 Å². The first-order valence-electron chi connectivity index (χ1n) is 12.6. The van der Waals surface area contributed by atoms with Crippen LogP contribution < -0.4 is 16.0 Å². The minimum atomic E-state index is -1.29. The topological polar surface area (TPSA) is 138 Å². The number of benzene rings is 1. The number of rotatable bonds is 7. The molecule has 3 amide bonds. The molecule has 198 valence electrons. The fourth-order valence-corrected chi connectivity index (χ4v) is 5.52. The SMILES string of the molecule is CC(=O)N1CCC(C(C(=O)NO)N2CCC(N)(c3ccc(OCc4cc(C)nc(C)c4)cc3)C2=O)CC1. The Balaban J connectivity index is 1.46. The highest BCUT2D eigenvalue weighted by molar-refractivity contribution is 5.94. The van der Waals surface area contributed by atoms with Crippen LogP contribution in [0.4, 0.5) is 0 Å². The molecule has 2 aromatic rings. The fraction of sp³-hybridized carbons (Fsp3) is 0.481. The summed E-state index contributed by atoms with van der Waals surface area (Å²) in [4.78, 5) is 45.6. The van der Waals surface area contributed by atoms with Crippen LogP contribution in [0.5, 0.6) is 5.75 Å². The lowest BCUT2D eigenvalue weighted by Crippen LogP contribution is -2.56. The number of hydrogen-bond acceptors (Lipinski definition) is 7. The van der Waals surface area contributed by atoms with Crippen LogP contribution in [-0.2, 0) is 26.5 Å². The second-order valence-corrected chi connectivity index (χ2v) is 10.1. The summed E-state index contributed by atoms with van der Waals surface area (Å²) in [5, 5.41) is 9.41. The smallest absolute Gasteiger partial charge is 0.266 e. The van der Waals surface area contributed by atoms with Crippen LogP contribution in [-0.4, -0.2) is 63.4 Å². The monoisotopic (exact) mass is 509 g/mol. The molecular formula is C27H35N5O5. The van der Waals surface area contributed by atoms with E-state index in [0.717, 1.165) is 17.0 Å². The Labute approximate surface area is 216 Å². The van der Waals surface area contributed by atoms with Gasteiger partial charge in [-0.3, -0.25) is 24.6 Å². The third kappa shape index (κ3) is 5.60. The highest BCUT2D eigenvalue weighted by Gasteiger charge is 2.50. The summed E-state index contributed by atoms with van der Waals surface area (Å²) in [6.07, 6.45) is 1.45. The molecule has 2 fully saturated rings. The van der Waals surface area contributed by atoms with E-state index >= 15 is 0 Å². The van der Waals surface area contributed by atoms with Crippen LogP contribution in [0.25, 0.3) is 0 Å². The van der Waals surface area contributed by atoms with Crippen molar-refractivity contribution in [2.75, 3.05) is 19.6 Å². The second-order valence-electron chi connectivity index (χ2n) is 10.1. The summed E-state index contributed by atoms with van der Waals surface area (Å²) >= 11 is 0. The maximum Gasteiger partial charge on any atom is 0.266 e. The summed E-state index contributed by atoms with van der Waals surface area (Å²) in [5.41, 5.74) is 10.6. The van der Waals surface area contributed by atoms with E-state index < -0.39 is 17.5 Å².